The first-order valence-electron chi connectivity index (χ1n) is 10.0. The van der Waals surface area contributed by atoms with Crippen molar-refractivity contribution < 1.29 is 4.79 Å². The number of aryl methyl sites for hydroxylation is 1. The van der Waals surface area contributed by atoms with Gasteiger partial charge in [0, 0.05) is 32.4 Å². The van der Waals surface area contributed by atoms with E-state index in [0.717, 1.165) is 57.4 Å². The number of rotatable bonds is 7. The smallest absolute Gasteiger partial charge is 0.257 e. The normalized spacial score (nSPS) is 17.6. The molecule has 1 amide bonds. The van der Waals surface area contributed by atoms with E-state index in [-0.39, 0.29) is 11.9 Å². The van der Waals surface area contributed by atoms with E-state index in [2.05, 4.69) is 52.1 Å². The zero-order valence-corrected chi connectivity index (χ0v) is 16.5. The van der Waals surface area contributed by atoms with E-state index in [1.54, 1.807) is 6.20 Å². The highest BCUT2D eigenvalue weighted by atomic mass is 16.2. The molecular formula is C22H30N4O. The summed E-state index contributed by atoms with van der Waals surface area (Å²) in [4.78, 5) is 25.9. The van der Waals surface area contributed by atoms with Crippen LogP contribution in [0.15, 0.2) is 42.9 Å². The third kappa shape index (κ3) is 5.13. The van der Waals surface area contributed by atoms with Gasteiger partial charge in [-0.15, -0.1) is 0 Å². The van der Waals surface area contributed by atoms with Crippen LogP contribution in [0.3, 0.4) is 0 Å². The molecule has 1 unspecified atom stereocenters. The summed E-state index contributed by atoms with van der Waals surface area (Å²) < 4.78 is 0. The van der Waals surface area contributed by atoms with Crippen LogP contribution in [0.25, 0.3) is 0 Å². The molecule has 1 saturated heterocycles. The molecule has 5 heteroatoms. The fraction of sp³-hybridized carbons (Fsp3) is 0.500. The van der Waals surface area contributed by atoms with Crippen LogP contribution >= 0.6 is 0 Å². The summed E-state index contributed by atoms with van der Waals surface area (Å²) in [5.41, 5.74) is 2.89. The molecule has 0 radical (unpaired) electrons. The lowest BCUT2D eigenvalue weighted by molar-refractivity contribution is 0.0617. The summed E-state index contributed by atoms with van der Waals surface area (Å²) >= 11 is 0. The maximum absolute atomic E-state index is 13.1. The molecule has 2 heterocycles. The minimum Gasteiger partial charge on any atom is -0.337 e. The Bertz CT molecular complexity index is 734. The van der Waals surface area contributed by atoms with Gasteiger partial charge in [-0.2, -0.15) is 0 Å². The summed E-state index contributed by atoms with van der Waals surface area (Å²) in [5, 5.41) is 0. The molecule has 2 aromatic rings. The zero-order valence-electron chi connectivity index (χ0n) is 16.5. The van der Waals surface area contributed by atoms with Crippen molar-refractivity contribution in [1.29, 1.82) is 0 Å². The van der Waals surface area contributed by atoms with Crippen molar-refractivity contribution in [2.75, 3.05) is 26.7 Å². The van der Waals surface area contributed by atoms with E-state index in [9.17, 15) is 4.79 Å². The van der Waals surface area contributed by atoms with Gasteiger partial charge in [-0.25, -0.2) is 9.97 Å². The van der Waals surface area contributed by atoms with E-state index in [1.165, 1.54) is 11.9 Å². The molecule has 27 heavy (non-hydrogen) atoms. The maximum Gasteiger partial charge on any atom is 0.257 e. The standard InChI is InChI=1S/C22H30N4O/c1-3-8-21-20(15-23-17-24-21)22(27)25(2)19-11-7-13-26(16-19)14-12-18-9-5-4-6-10-18/h4-6,9-10,15,17,19H,3,7-8,11-14,16H2,1-2H3. The Kier molecular flexibility index (Phi) is 6.93. The van der Waals surface area contributed by atoms with Gasteiger partial charge in [0.05, 0.1) is 11.3 Å². The van der Waals surface area contributed by atoms with Gasteiger partial charge >= 0.3 is 0 Å². The summed E-state index contributed by atoms with van der Waals surface area (Å²) in [7, 11) is 1.93. The van der Waals surface area contributed by atoms with E-state index in [1.807, 2.05) is 11.9 Å². The van der Waals surface area contributed by atoms with Crippen molar-refractivity contribution in [3.8, 4) is 0 Å². The third-order valence-corrected chi connectivity index (χ3v) is 5.42. The van der Waals surface area contributed by atoms with Gasteiger partial charge in [-0.3, -0.25) is 4.79 Å². The van der Waals surface area contributed by atoms with E-state index in [0.29, 0.717) is 5.56 Å². The number of likely N-dealkylation sites (N-methyl/N-ethyl adjacent to an activating group) is 1. The fourth-order valence-corrected chi connectivity index (χ4v) is 3.81. The van der Waals surface area contributed by atoms with Crippen LogP contribution in [0.2, 0.25) is 0 Å². The van der Waals surface area contributed by atoms with Gasteiger partial charge in [0.15, 0.2) is 0 Å². The Morgan fingerprint density at radius 3 is 2.85 bits per heavy atom. The Hall–Kier alpha value is -2.27. The first-order chi connectivity index (χ1) is 13.2. The molecule has 3 rings (SSSR count). The van der Waals surface area contributed by atoms with Crippen LogP contribution in [0, 0.1) is 0 Å². The summed E-state index contributed by atoms with van der Waals surface area (Å²) in [6.07, 6.45) is 8.23. The third-order valence-electron chi connectivity index (χ3n) is 5.42. The second-order valence-corrected chi connectivity index (χ2v) is 7.38. The van der Waals surface area contributed by atoms with Gasteiger partial charge in [0.1, 0.15) is 6.33 Å². The molecule has 0 saturated carbocycles. The Balaban J connectivity index is 1.61. The Labute approximate surface area is 162 Å². The molecule has 1 fully saturated rings. The molecule has 0 spiro atoms. The monoisotopic (exact) mass is 366 g/mol. The maximum atomic E-state index is 13.1. The summed E-state index contributed by atoms with van der Waals surface area (Å²) in [6, 6.07) is 10.9. The second-order valence-electron chi connectivity index (χ2n) is 7.38. The molecule has 1 aromatic carbocycles. The Morgan fingerprint density at radius 2 is 2.07 bits per heavy atom. The number of hydrogen-bond acceptors (Lipinski definition) is 4. The Morgan fingerprint density at radius 1 is 1.26 bits per heavy atom. The van der Waals surface area contributed by atoms with Crippen molar-refractivity contribution in [3.63, 3.8) is 0 Å². The van der Waals surface area contributed by atoms with Gasteiger partial charge in [-0.1, -0.05) is 43.7 Å². The molecule has 5 nitrogen and oxygen atoms in total. The molecule has 1 aromatic heterocycles. The van der Waals surface area contributed by atoms with Crippen LogP contribution < -0.4 is 0 Å². The number of likely N-dealkylation sites (tertiary alicyclic amines) is 1. The first kappa shape index (κ1) is 19.5. The van der Waals surface area contributed by atoms with E-state index >= 15 is 0 Å². The van der Waals surface area contributed by atoms with E-state index in [4.69, 9.17) is 0 Å². The first-order valence-corrected chi connectivity index (χ1v) is 10.0. The quantitative estimate of drug-likeness (QED) is 0.755. The summed E-state index contributed by atoms with van der Waals surface area (Å²) in [5.74, 6) is 0.0500. The lowest BCUT2D eigenvalue weighted by atomic mass is 10.0. The highest BCUT2D eigenvalue weighted by Gasteiger charge is 2.27. The number of hydrogen-bond donors (Lipinski definition) is 0. The van der Waals surface area contributed by atoms with Crippen LogP contribution in [0.1, 0.15) is 47.8 Å². The lowest BCUT2D eigenvalue weighted by Crippen LogP contribution is -2.49. The predicted octanol–water partition coefficient (Wildman–Crippen LogP) is 3.21. The largest absolute Gasteiger partial charge is 0.337 e. The molecule has 0 N–H and O–H groups in total. The molecule has 0 aliphatic carbocycles. The second kappa shape index (κ2) is 9.60. The average molecular weight is 367 g/mol. The van der Waals surface area contributed by atoms with Gasteiger partial charge in [-0.05, 0) is 37.8 Å². The van der Waals surface area contributed by atoms with Crippen molar-refractivity contribution in [2.45, 2.75) is 45.1 Å². The highest BCUT2D eigenvalue weighted by molar-refractivity contribution is 5.95. The number of carbonyl (C=O) groups is 1. The van der Waals surface area contributed by atoms with Crippen LogP contribution in [-0.2, 0) is 12.8 Å². The van der Waals surface area contributed by atoms with Gasteiger partial charge in [0.25, 0.3) is 5.91 Å². The van der Waals surface area contributed by atoms with Crippen molar-refractivity contribution in [1.82, 2.24) is 19.8 Å². The molecule has 144 valence electrons. The average Bonchev–Trinajstić information content (AvgIpc) is 2.73. The summed E-state index contributed by atoms with van der Waals surface area (Å²) in [6.45, 7) is 5.19. The molecule has 1 aliphatic heterocycles. The highest BCUT2D eigenvalue weighted by Crippen LogP contribution is 2.19. The van der Waals surface area contributed by atoms with Crippen LogP contribution in [-0.4, -0.2) is 58.4 Å². The molecule has 1 atom stereocenters. The van der Waals surface area contributed by atoms with Crippen molar-refractivity contribution in [3.05, 3.63) is 59.7 Å². The number of nitrogens with zero attached hydrogens (tertiary/aromatic N) is 4. The fourth-order valence-electron chi connectivity index (χ4n) is 3.81. The van der Waals surface area contributed by atoms with E-state index < -0.39 is 0 Å². The molecule has 1 aliphatic rings. The SMILES string of the molecule is CCCc1ncncc1C(=O)N(C)C1CCCN(CCc2ccccc2)C1. The van der Waals surface area contributed by atoms with Crippen LogP contribution in [0.4, 0.5) is 0 Å². The zero-order chi connectivity index (χ0) is 19.1. The van der Waals surface area contributed by atoms with Gasteiger partial charge < -0.3 is 9.80 Å². The number of aromatic nitrogens is 2. The van der Waals surface area contributed by atoms with Gasteiger partial charge in [0.2, 0.25) is 0 Å². The predicted molar refractivity (Wildman–Crippen MR) is 108 cm³/mol. The number of amides is 1. The van der Waals surface area contributed by atoms with Crippen molar-refractivity contribution >= 4 is 5.91 Å². The number of benzene rings is 1. The lowest BCUT2D eigenvalue weighted by Gasteiger charge is -2.37. The minimum absolute atomic E-state index is 0.0500. The number of carbonyl (C=O) groups excluding carboxylic acids is 1. The van der Waals surface area contributed by atoms with Crippen LogP contribution in [0.5, 0.6) is 0 Å². The molecular weight excluding hydrogens is 336 g/mol. The number of piperidine rings is 1. The topological polar surface area (TPSA) is 49.3 Å². The minimum atomic E-state index is 0.0500. The van der Waals surface area contributed by atoms with Crippen molar-refractivity contribution in [2.24, 2.45) is 0 Å². The molecule has 0 bridgehead atoms.